The smallest absolute Gasteiger partial charge is 0.130 e. The summed E-state index contributed by atoms with van der Waals surface area (Å²) in [5, 5.41) is 3.41. The Morgan fingerprint density at radius 3 is 2.84 bits per heavy atom. The van der Waals surface area contributed by atoms with Crippen molar-refractivity contribution in [1.29, 1.82) is 0 Å². The van der Waals surface area contributed by atoms with Crippen LogP contribution in [0.15, 0.2) is 10.5 Å². The van der Waals surface area contributed by atoms with E-state index < -0.39 is 0 Å². The van der Waals surface area contributed by atoms with E-state index in [4.69, 9.17) is 9.15 Å². The number of furan rings is 1. The Balaban J connectivity index is 1.78. The lowest BCUT2D eigenvalue weighted by Crippen LogP contribution is -2.16. The quantitative estimate of drug-likeness (QED) is 0.758. The third-order valence-electron chi connectivity index (χ3n) is 3.83. The Hall–Kier alpha value is -0.800. The summed E-state index contributed by atoms with van der Waals surface area (Å²) in [6, 6.07) is 2.14. The standard InChI is InChI=1S/C16H27NO2/c1-3-9-17-11-14-10-16(19-13(14)2)12-18-15-7-5-4-6-8-15/h10,15,17H,3-9,11-12H2,1-2H3. The summed E-state index contributed by atoms with van der Waals surface area (Å²) in [6.45, 7) is 6.79. The van der Waals surface area contributed by atoms with Crippen LogP contribution in [0.25, 0.3) is 0 Å². The average molecular weight is 265 g/mol. The minimum Gasteiger partial charge on any atom is -0.464 e. The van der Waals surface area contributed by atoms with Crippen molar-refractivity contribution in [2.75, 3.05) is 6.54 Å². The fourth-order valence-electron chi connectivity index (χ4n) is 2.67. The highest BCUT2D eigenvalue weighted by Gasteiger charge is 2.15. The van der Waals surface area contributed by atoms with Crippen LogP contribution >= 0.6 is 0 Å². The van der Waals surface area contributed by atoms with Gasteiger partial charge < -0.3 is 14.5 Å². The van der Waals surface area contributed by atoms with Crippen molar-refractivity contribution < 1.29 is 9.15 Å². The lowest BCUT2D eigenvalue weighted by Gasteiger charge is -2.21. The highest BCUT2D eigenvalue weighted by Crippen LogP contribution is 2.22. The summed E-state index contributed by atoms with van der Waals surface area (Å²) in [6.07, 6.45) is 8.03. The van der Waals surface area contributed by atoms with Gasteiger partial charge in [-0.2, -0.15) is 0 Å². The van der Waals surface area contributed by atoms with Gasteiger partial charge in [0.15, 0.2) is 0 Å². The van der Waals surface area contributed by atoms with Gasteiger partial charge in [-0.3, -0.25) is 0 Å². The monoisotopic (exact) mass is 265 g/mol. The normalized spacial score (nSPS) is 16.9. The first-order valence-electron chi connectivity index (χ1n) is 7.70. The van der Waals surface area contributed by atoms with Gasteiger partial charge in [-0.25, -0.2) is 0 Å². The van der Waals surface area contributed by atoms with E-state index in [2.05, 4.69) is 18.3 Å². The topological polar surface area (TPSA) is 34.4 Å². The van der Waals surface area contributed by atoms with Crippen molar-refractivity contribution >= 4 is 0 Å². The molecule has 1 aliphatic carbocycles. The summed E-state index contributed by atoms with van der Waals surface area (Å²) in [7, 11) is 0. The summed E-state index contributed by atoms with van der Waals surface area (Å²) >= 11 is 0. The fourth-order valence-corrected chi connectivity index (χ4v) is 2.67. The highest BCUT2D eigenvalue weighted by atomic mass is 16.5. The van der Waals surface area contributed by atoms with E-state index in [0.29, 0.717) is 12.7 Å². The lowest BCUT2D eigenvalue weighted by molar-refractivity contribution is 0.00850. The molecule has 0 bridgehead atoms. The number of hydrogen-bond donors (Lipinski definition) is 1. The Kier molecular flexibility index (Phi) is 5.93. The number of ether oxygens (including phenoxy) is 1. The molecule has 0 unspecified atom stereocenters. The fraction of sp³-hybridized carbons (Fsp3) is 0.750. The Labute approximate surface area is 116 Å². The van der Waals surface area contributed by atoms with Gasteiger partial charge >= 0.3 is 0 Å². The van der Waals surface area contributed by atoms with E-state index in [-0.39, 0.29) is 0 Å². The second-order valence-electron chi connectivity index (χ2n) is 5.54. The van der Waals surface area contributed by atoms with Crippen molar-refractivity contribution in [2.24, 2.45) is 0 Å². The van der Waals surface area contributed by atoms with Crippen LogP contribution < -0.4 is 5.32 Å². The van der Waals surface area contributed by atoms with Crippen molar-refractivity contribution in [3.63, 3.8) is 0 Å². The van der Waals surface area contributed by atoms with Crippen LogP contribution in [0.1, 0.15) is 62.5 Å². The first-order valence-corrected chi connectivity index (χ1v) is 7.70. The number of hydrogen-bond acceptors (Lipinski definition) is 3. The minimum atomic E-state index is 0.445. The second kappa shape index (κ2) is 7.71. The van der Waals surface area contributed by atoms with Gasteiger partial charge in [0.05, 0.1) is 6.10 Å². The van der Waals surface area contributed by atoms with Crippen molar-refractivity contribution in [3.8, 4) is 0 Å². The molecule has 0 spiro atoms. The molecule has 108 valence electrons. The van der Waals surface area contributed by atoms with E-state index in [1.54, 1.807) is 0 Å². The van der Waals surface area contributed by atoms with Crippen LogP contribution in [-0.2, 0) is 17.9 Å². The summed E-state index contributed by atoms with van der Waals surface area (Å²) in [4.78, 5) is 0. The maximum absolute atomic E-state index is 5.95. The van der Waals surface area contributed by atoms with E-state index in [1.807, 2.05) is 6.92 Å². The van der Waals surface area contributed by atoms with E-state index in [1.165, 1.54) is 37.7 Å². The van der Waals surface area contributed by atoms with Crippen LogP contribution in [0.4, 0.5) is 0 Å². The molecular weight excluding hydrogens is 238 g/mol. The molecule has 1 fully saturated rings. The maximum atomic E-state index is 5.95. The van der Waals surface area contributed by atoms with Gasteiger partial charge in [0.25, 0.3) is 0 Å². The zero-order valence-corrected chi connectivity index (χ0v) is 12.3. The van der Waals surface area contributed by atoms with Crippen molar-refractivity contribution in [1.82, 2.24) is 5.32 Å². The van der Waals surface area contributed by atoms with Crippen LogP contribution in [-0.4, -0.2) is 12.6 Å². The molecule has 0 saturated heterocycles. The largest absolute Gasteiger partial charge is 0.464 e. The molecule has 1 aromatic heterocycles. The second-order valence-corrected chi connectivity index (χ2v) is 5.54. The van der Waals surface area contributed by atoms with E-state index >= 15 is 0 Å². The van der Waals surface area contributed by atoms with Crippen LogP contribution in [0.2, 0.25) is 0 Å². The van der Waals surface area contributed by atoms with Gasteiger partial charge in [0.1, 0.15) is 18.1 Å². The van der Waals surface area contributed by atoms with E-state index in [9.17, 15) is 0 Å². The molecule has 3 heteroatoms. The van der Waals surface area contributed by atoms with Crippen LogP contribution in [0.3, 0.4) is 0 Å². The summed E-state index contributed by atoms with van der Waals surface area (Å²) in [5.41, 5.74) is 1.26. The Morgan fingerprint density at radius 2 is 2.11 bits per heavy atom. The Bertz CT molecular complexity index is 367. The summed E-state index contributed by atoms with van der Waals surface area (Å²) in [5.74, 6) is 1.99. The van der Waals surface area contributed by atoms with Gasteiger partial charge in [0.2, 0.25) is 0 Å². The molecule has 19 heavy (non-hydrogen) atoms. The molecule has 1 aromatic rings. The maximum Gasteiger partial charge on any atom is 0.130 e. The molecule has 1 aliphatic rings. The molecule has 3 nitrogen and oxygen atoms in total. The third-order valence-corrected chi connectivity index (χ3v) is 3.83. The van der Waals surface area contributed by atoms with Crippen molar-refractivity contribution in [2.45, 2.75) is 71.6 Å². The zero-order chi connectivity index (χ0) is 13.5. The molecule has 0 amide bonds. The van der Waals surface area contributed by atoms with E-state index in [0.717, 1.165) is 31.0 Å². The third kappa shape index (κ3) is 4.66. The average Bonchev–Trinajstić information content (AvgIpc) is 2.79. The van der Waals surface area contributed by atoms with Gasteiger partial charge in [-0.15, -0.1) is 0 Å². The zero-order valence-electron chi connectivity index (χ0n) is 12.3. The number of aryl methyl sites for hydroxylation is 1. The van der Waals surface area contributed by atoms with Gasteiger partial charge in [-0.1, -0.05) is 26.2 Å². The highest BCUT2D eigenvalue weighted by molar-refractivity contribution is 5.20. The molecule has 2 rings (SSSR count). The lowest BCUT2D eigenvalue weighted by atomic mass is 9.98. The van der Waals surface area contributed by atoms with Gasteiger partial charge in [0, 0.05) is 12.1 Å². The molecule has 1 N–H and O–H groups in total. The summed E-state index contributed by atoms with van der Waals surface area (Å²) < 4.78 is 11.7. The molecule has 1 heterocycles. The molecule has 0 radical (unpaired) electrons. The number of nitrogens with one attached hydrogen (secondary N) is 1. The molecular formula is C16H27NO2. The SMILES string of the molecule is CCCNCc1cc(COC2CCCCC2)oc1C. The van der Waals surface area contributed by atoms with Crippen LogP contribution in [0, 0.1) is 6.92 Å². The molecule has 0 aliphatic heterocycles. The number of rotatable bonds is 7. The first kappa shape index (κ1) is 14.6. The predicted molar refractivity (Wildman–Crippen MR) is 77.1 cm³/mol. The molecule has 0 atom stereocenters. The Morgan fingerprint density at radius 1 is 1.32 bits per heavy atom. The first-order chi connectivity index (χ1) is 9.29. The minimum absolute atomic E-state index is 0.445. The predicted octanol–water partition coefficient (Wildman–Crippen LogP) is 3.94. The molecule has 1 saturated carbocycles. The van der Waals surface area contributed by atoms with Crippen LogP contribution in [0.5, 0.6) is 0 Å². The molecule has 0 aromatic carbocycles. The van der Waals surface area contributed by atoms with Gasteiger partial charge in [-0.05, 0) is 38.8 Å². The van der Waals surface area contributed by atoms with Crippen molar-refractivity contribution in [3.05, 3.63) is 23.2 Å².